The van der Waals surface area contributed by atoms with E-state index in [0.29, 0.717) is 0 Å². The average molecular weight is 124 g/mol. The van der Waals surface area contributed by atoms with E-state index in [1.165, 1.54) is 0 Å². The Labute approximate surface area is 55.2 Å². The smallest absolute Gasteiger partial charge is 0.0371 e. The molecule has 8 heavy (non-hydrogen) atoms. The number of thiocarbonyl (C=S) groups is 1. The van der Waals surface area contributed by atoms with Gasteiger partial charge in [0.05, 0.1) is 0 Å². The van der Waals surface area contributed by atoms with Crippen LogP contribution in [0, 0.1) is 0 Å². The van der Waals surface area contributed by atoms with Gasteiger partial charge in [-0.25, -0.2) is 0 Å². The second-order valence-electron chi connectivity index (χ2n) is 1.20. The maximum atomic E-state index is 4.77. The molecule has 0 heterocycles. The SMILES string of the molecule is C=C/C=C\C(=S)C=C. The van der Waals surface area contributed by atoms with Crippen LogP contribution in [-0.4, -0.2) is 4.86 Å². The van der Waals surface area contributed by atoms with Crippen molar-refractivity contribution in [2.45, 2.75) is 0 Å². The third kappa shape index (κ3) is 3.50. The van der Waals surface area contributed by atoms with Gasteiger partial charge in [-0.2, -0.15) is 0 Å². The largest absolute Gasteiger partial charge is 0.0991 e. The molecule has 0 spiro atoms. The van der Waals surface area contributed by atoms with Crippen molar-refractivity contribution in [3.05, 3.63) is 37.5 Å². The molecular weight excluding hydrogens is 116 g/mol. The molecule has 0 aliphatic rings. The summed E-state index contributed by atoms with van der Waals surface area (Å²) in [6.45, 7) is 6.97. The number of hydrogen-bond acceptors (Lipinski definition) is 1. The Morgan fingerprint density at radius 2 is 2.00 bits per heavy atom. The molecule has 0 saturated heterocycles. The summed E-state index contributed by atoms with van der Waals surface area (Å²) in [6.07, 6.45) is 6.85. The van der Waals surface area contributed by atoms with Crippen LogP contribution in [0.1, 0.15) is 0 Å². The van der Waals surface area contributed by atoms with Crippen molar-refractivity contribution in [3.8, 4) is 0 Å². The molecule has 0 N–H and O–H groups in total. The van der Waals surface area contributed by atoms with Gasteiger partial charge in [0, 0.05) is 4.86 Å². The van der Waals surface area contributed by atoms with Crippen LogP contribution >= 0.6 is 12.2 Å². The highest BCUT2D eigenvalue weighted by atomic mass is 32.1. The zero-order chi connectivity index (χ0) is 6.41. The minimum Gasteiger partial charge on any atom is -0.0991 e. The molecule has 0 nitrogen and oxygen atoms in total. The first-order valence-electron chi connectivity index (χ1n) is 2.26. The number of rotatable bonds is 3. The highest BCUT2D eigenvalue weighted by molar-refractivity contribution is 7.81. The third-order valence-corrected chi connectivity index (χ3v) is 0.901. The minimum absolute atomic E-state index is 0.741. The quantitative estimate of drug-likeness (QED) is 0.316. The summed E-state index contributed by atoms with van der Waals surface area (Å²) < 4.78 is 0. The first-order valence-corrected chi connectivity index (χ1v) is 2.67. The molecule has 0 saturated carbocycles. The molecule has 0 atom stereocenters. The van der Waals surface area contributed by atoms with Crippen LogP contribution in [0.15, 0.2) is 37.5 Å². The zero-order valence-corrected chi connectivity index (χ0v) is 5.45. The standard InChI is InChI=1S/C7H8S/c1-3-5-6-7(8)4-2/h3-6H,1-2H2/b6-5-. The lowest BCUT2D eigenvalue weighted by Crippen LogP contribution is -1.75. The highest BCUT2D eigenvalue weighted by Gasteiger charge is 1.73. The van der Waals surface area contributed by atoms with Crippen molar-refractivity contribution in [1.82, 2.24) is 0 Å². The lowest BCUT2D eigenvalue weighted by molar-refractivity contribution is 2.07. The Bertz CT molecular complexity index is 131. The fraction of sp³-hybridized carbons (Fsp3) is 0. The summed E-state index contributed by atoms with van der Waals surface area (Å²) in [7, 11) is 0. The van der Waals surface area contributed by atoms with E-state index in [0.717, 1.165) is 4.86 Å². The first-order chi connectivity index (χ1) is 3.81. The molecule has 0 rings (SSSR count). The number of allylic oxidation sites excluding steroid dienone is 4. The predicted molar refractivity (Wildman–Crippen MR) is 42.1 cm³/mol. The summed E-state index contributed by atoms with van der Waals surface area (Å²) in [5, 5.41) is 0. The van der Waals surface area contributed by atoms with Crippen molar-refractivity contribution >= 4 is 17.1 Å². The molecule has 42 valence electrons. The van der Waals surface area contributed by atoms with Crippen molar-refractivity contribution in [3.63, 3.8) is 0 Å². The molecule has 0 aromatic rings. The monoisotopic (exact) mass is 124 g/mol. The van der Waals surface area contributed by atoms with Gasteiger partial charge in [-0.1, -0.05) is 43.6 Å². The molecule has 0 radical (unpaired) electrons. The Morgan fingerprint density at radius 1 is 1.38 bits per heavy atom. The summed E-state index contributed by atoms with van der Waals surface area (Å²) in [4.78, 5) is 0.741. The average Bonchev–Trinajstić information content (AvgIpc) is 1.83. The van der Waals surface area contributed by atoms with E-state index in [1.54, 1.807) is 24.3 Å². The van der Waals surface area contributed by atoms with Gasteiger partial charge in [0.15, 0.2) is 0 Å². The van der Waals surface area contributed by atoms with E-state index < -0.39 is 0 Å². The second-order valence-corrected chi connectivity index (χ2v) is 1.67. The van der Waals surface area contributed by atoms with Gasteiger partial charge in [0.2, 0.25) is 0 Å². The van der Waals surface area contributed by atoms with E-state index in [1.807, 2.05) is 0 Å². The van der Waals surface area contributed by atoms with Crippen molar-refractivity contribution < 1.29 is 0 Å². The second kappa shape index (κ2) is 4.47. The molecule has 0 aromatic heterocycles. The van der Waals surface area contributed by atoms with E-state index in [2.05, 4.69) is 13.2 Å². The van der Waals surface area contributed by atoms with Gasteiger partial charge in [-0.05, 0) is 6.08 Å². The summed E-state index contributed by atoms with van der Waals surface area (Å²) in [5.74, 6) is 0. The van der Waals surface area contributed by atoms with Crippen LogP contribution < -0.4 is 0 Å². The van der Waals surface area contributed by atoms with Crippen molar-refractivity contribution in [1.29, 1.82) is 0 Å². The topological polar surface area (TPSA) is 0 Å². The van der Waals surface area contributed by atoms with Gasteiger partial charge in [0.1, 0.15) is 0 Å². The molecule has 1 heteroatoms. The summed E-state index contributed by atoms with van der Waals surface area (Å²) in [5.41, 5.74) is 0. The van der Waals surface area contributed by atoms with Crippen molar-refractivity contribution in [2.75, 3.05) is 0 Å². The molecule has 0 aliphatic heterocycles. The lowest BCUT2D eigenvalue weighted by Gasteiger charge is -1.77. The van der Waals surface area contributed by atoms with E-state index in [9.17, 15) is 0 Å². The van der Waals surface area contributed by atoms with Gasteiger partial charge in [-0.15, -0.1) is 0 Å². The Balaban J connectivity index is 3.69. The van der Waals surface area contributed by atoms with E-state index >= 15 is 0 Å². The molecule has 0 aromatic carbocycles. The normalized spacial score (nSPS) is 9.00. The molecule has 0 amide bonds. The molecule has 0 aliphatic carbocycles. The van der Waals surface area contributed by atoms with Crippen LogP contribution in [0.2, 0.25) is 0 Å². The highest BCUT2D eigenvalue weighted by Crippen LogP contribution is 1.81. The Hall–Kier alpha value is -0.690. The Kier molecular flexibility index (Phi) is 4.08. The Morgan fingerprint density at radius 3 is 2.38 bits per heavy atom. The van der Waals surface area contributed by atoms with Gasteiger partial charge in [0.25, 0.3) is 0 Å². The summed E-state index contributed by atoms with van der Waals surface area (Å²) in [6, 6.07) is 0. The lowest BCUT2D eigenvalue weighted by atomic mass is 10.4. The minimum atomic E-state index is 0.741. The molecule has 0 bridgehead atoms. The zero-order valence-electron chi connectivity index (χ0n) is 4.63. The van der Waals surface area contributed by atoms with E-state index in [-0.39, 0.29) is 0 Å². The fourth-order valence-electron chi connectivity index (χ4n) is 0.231. The molecule has 0 unspecified atom stereocenters. The van der Waals surface area contributed by atoms with Crippen LogP contribution in [-0.2, 0) is 0 Å². The number of hydrogen-bond donors (Lipinski definition) is 0. The van der Waals surface area contributed by atoms with Crippen LogP contribution in [0.4, 0.5) is 0 Å². The van der Waals surface area contributed by atoms with Crippen LogP contribution in [0.5, 0.6) is 0 Å². The van der Waals surface area contributed by atoms with Crippen LogP contribution in [0.3, 0.4) is 0 Å². The maximum absolute atomic E-state index is 4.77. The van der Waals surface area contributed by atoms with Crippen molar-refractivity contribution in [2.24, 2.45) is 0 Å². The van der Waals surface area contributed by atoms with E-state index in [4.69, 9.17) is 12.2 Å². The van der Waals surface area contributed by atoms with Crippen LogP contribution in [0.25, 0.3) is 0 Å². The van der Waals surface area contributed by atoms with Gasteiger partial charge >= 0.3 is 0 Å². The first kappa shape index (κ1) is 7.31. The van der Waals surface area contributed by atoms with Gasteiger partial charge < -0.3 is 0 Å². The predicted octanol–water partition coefficient (Wildman–Crippen LogP) is 2.28. The maximum Gasteiger partial charge on any atom is 0.0371 e. The fourth-order valence-corrected chi connectivity index (χ4v) is 0.309. The van der Waals surface area contributed by atoms with Gasteiger partial charge in [-0.3, -0.25) is 0 Å². The molecular formula is C7H8S. The molecule has 0 fully saturated rings. The third-order valence-electron chi connectivity index (χ3n) is 0.598. The summed E-state index contributed by atoms with van der Waals surface area (Å²) >= 11 is 4.77.